The predicted molar refractivity (Wildman–Crippen MR) is 72.2 cm³/mol. The van der Waals surface area contributed by atoms with Crippen molar-refractivity contribution < 1.29 is 9.90 Å². The highest BCUT2D eigenvalue weighted by atomic mass is 16.3. The second kappa shape index (κ2) is 7.21. The van der Waals surface area contributed by atoms with Gasteiger partial charge in [0.25, 0.3) is 0 Å². The van der Waals surface area contributed by atoms with Crippen molar-refractivity contribution in [1.29, 1.82) is 0 Å². The Hall–Kier alpha value is -1.29. The molecule has 102 valence electrons. The van der Waals surface area contributed by atoms with E-state index in [1.54, 1.807) is 11.8 Å². The Bertz CT molecular complexity index is 345. The summed E-state index contributed by atoms with van der Waals surface area (Å²) in [6.07, 6.45) is 4.89. The maximum absolute atomic E-state index is 12.1. The Morgan fingerprint density at radius 1 is 1.28 bits per heavy atom. The summed E-state index contributed by atoms with van der Waals surface area (Å²) < 4.78 is 2.07. The van der Waals surface area contributed by atoms with Crippen molar-refractivity contribution in [3.8, 4) is 0 Å². The minimum atomic E-state index is -0.471. The van der Waals surface area contributed by atoms with Gasteiger partial charge in [0.1, 0.15) is 0 Å². The van der Waals surface area contributed by atoms with Gasteiger partial charge in [0.15, 0.2) is 0 Å². The SMILES string of the molecule is CC(O)CN(C(=O)CCCn1cccc1)C(C)C. The first-order valence-electron chi connectivity index (χ1n) is 6.59. The maximum atomic E-state index is 12.1. The highest BCUT2D eigenvalue weighted by Gasteiger charge is 2.17. The Labute approximate surface area is 109 Å². The lowest BCUT2D eigenvalue weighted by Gasteiger charge is -2.28. The second-order valence-electron chi connectivity index (χ2n) is 5.01. The molecule has 0 saturated heterocycles. The number of rotatable bonds is 7. The van der Waals surface area contributed by atoms with Crippen LogP contribution in [0.5, 0.6) is 0 Å². The van der Waals surface area contributed by atoms with Gasteiger partial charge in [-0.2, -0.15) is 0 Å². The predicted octanol–water partition coefficient (Wildman–Crippen LogP) is 1.89. The topological polar surface area (TPSA) is 45.5 Å². The number of amides is 1. The Balaban J connectivity index is 2.37. The van der Waals surface area contributed by atoms with Gasteiger partial charge >= 0.3 is 0 Å². The van der Waals surface area contributed by atoms with Crippen molar-refractivity contribution in [1.82, 2.24) is 9.47 Å². The lowest BCUT2D eigenvalue weighted by atomic mass is 10.2. The van der Waals surface area contributed by atoms with Crippen molar-refractivity contribution in [3.05, 3.63) is 24.5 Å². The zero-order valence-corrected chi connectivity index (χ0v) is 11.5. The average molecular weight is 252 g/mol. The Morgan fingerprint density at radius 2 is 1.89 bits per heavy atom. The molecule has 18 heavy (non-hydrogen) atoms. The van der Waals surface area contributed by atoms with Crippen molar-refractivity contribution >= 4 is 5.91 Å². The van der Waals surface area contributed by atoms with E-state index < -0.39 is 6.10 Å². The largest absolute Gasteiger partial charge is 0.392 e. The molecule has 0 aliphatic rings. The van der Waals surface area contributed by atoms with Crippen LogP contribution in [0.1, 0.15) is 33.6 Å². The number of carbonyl (C=O) groups is 1. The maximum Gasteiger partial charge on any atom is 0.222 e. The van der Waals surface area contributed by atoms with E-state index in [1.807, 2.05) is 38.4 Å². The van der Waals surface area contributed by atoms with Gasteiger partial charge in [-0.3, -0.25) is 4.79 Å². The van der Waals surface area contributed by atoms with Gasteiger partial charge in [0.05, 0.1) is 6.10 Å². The summed E-state index contributed by atoms with van der Waals surface area (Å²) in [5.41, 5.74) is 0. The lowest BCUT2D eigenvalue weighted by Crippen LogP contribution is -2.41. The van der Waals surface area contributed by atoms with Gasteiger partial charge in [0, 0.05) is 37.9 Å². The number of aromatic nitrogens is 1. The Morgan fingerprint density at radius 3 is 2.39 bits per heavy atom. The molecule has 1 heterocycles. The highest BCUT2D eigenvalue weighted by Crippen LogP contribution is 2.06. The van der Waals surface area contributed by atoms with Crippen LogP contribution in [-0.4, -0.2) is 39.2 Å². The van der Waals surface area contributed by atoms with E-state index in [9.17, 15) is 9.90 Å². The molecule has 0 saturated carbocycles. The summed E-state index contributed by atoms with van der Waals surface area (Å²) in [5.74, 6) is 0.123. The van der Waals surface area contributed by atoms with Crippen LogP contribution in [0.3, 0.4) is 0 Å². The monoisotopic (exact) mass is 252 g/mol. The summed E-state index contributed by atoms with van der Waals surface area (Å²) in [4.78, 5) is 13.8. The second-order valence-corrected chi connectivity index (χ2v) is 5.01. The molecule has 1 aromatic heterocycles. The van der Waals surface area contributed by atoms with E-state index >= 15 is 0 Å². The van der Waals surface area contributed by atoms with Crippen LogP contribution in [0.2, 0.25) is 0 Å². The first-order chi connectivity index (χ1) is 8.50. The molecule has 1 unspecified atom stereocenters. The Kier molecular flexibility index (Phi) is 5.92. The van der Waals surface area contributed by atoms with E-state index in [-0.39, 0.29) is 11.9 Å². The van der Waals surface area contributed by atoms with Crippen LogP contribution in [-0.2, 0) is 11.3 Å². The van der Waals surface area contributed by atoms with E-state index in [0.717, 1.165) is 13.0 Å². The molecule has 1 amide bonds. The fourth-order valence-corrected chi connectivity index (χ4v) is 1.96. The van der Waals surface area contributed by atoms with E-state index in [1.165, 1.54) is 0 Å². The average Bonchev–Trinajstić information content (AvgIpc) is 2.78. The number of carbonyl (C=O) groups excluding carboxylic acids is 1. The molecule has 1 rings (SSSR count). The molecule has 0 fully saturated rings. The third-order valence-electron chi connectivity index (χ3n) is 2.88. The number of nitrogens with zero attached hydrogens (tertiary/aromatic N) is 2. The molecule has 0 spiro atoms. The third kappa shape index (κ3) is 4.92. The van der Waals surface area contributed by atoms with Gasteiger partial charge < -0.3 is 14.6 Å². The first-order valence-corrected chi connectivity index (χ1v) is 6.59. The number of aryl methyl sites for hydroxylation is 1. The molecule has 0 aliphatic carbocycles. The van der Waals surface area contributed by atoms with Crippen LogP contribution in [0.15, 0.2) is 24.5 Å². The number of aliphatic hydroxyl groups is 1. The minimum absolute atomic E-state index is 0.123. The summed E-state index contributed by atoms with van der Waals surface area (Å²) >= 11 is 0. The molecule has 0 bridgehead atoms. The van der Waals surface area contributed by atoms with Crippen molar-refractivity contribution in [2.75, 3.05) is 6.54 Å². The van der Waals surface area contributed by atoms with Gasteiger partial charge in [-0.1, -0.05) is 0 Å². The zero-order valence-electron chi connectivity index (χ0n) is 11.5. The van der Waals surface area contributed by atoms with Crippen LogP contribution < -0.4 is 0 Å². The zero-order chi connectivity index (χ0) is 13.5. The minimum Gasteiger partial charge on any atom is -0.392 e. The van der Waals surface area contributed by atoms with Gasteiger partial charge in [-0.15, -0.1) is 0 Å². The molecule has 1 atom stereocenters. The van der Waals surface area contributed by atoms with E-state index in [2.05, 4.69) is 4.57 Å². The molecule has 0 aliphatic heterocycles. The van der Waals surface area contributed by atoms with Crippen molar-refractivity contribution in [2.24, 2.45) is 0 Å². The fraction of sp³-hybridized carbons (Fsp3) is 0.643. The molecule has 0 aromatic carbocycles. The van der Waals surface area contributed by atoms with Crippen LogP contribution in [0.4, 0.5) is 0 Å². The quantitative estimate of drug-likeness (QED) is 0.805. The first kappa shape index (κ1) is 14.8. The van der Waals surface area contributed by atoms with Gasteiger partial charge in [-0.25, -0.2) is 0 Å². The summed E-state index contributed by atoms with van der Waals surface area (Å²) in [7, 11) is 0. The number of aliphatic hydroxyl groups excluding tert-OH is 1. The van der Waals surface area contributed by atoms with Gasteiger partial charge in [0.2, 0.25) is 5.91 Å². The van der Waals surface area contributed by atoms with Crippen molar-refractivity contribution in [2.45, 2.75) is 52.3 Å². The third-order valence-corrected chi connectivity index (χ3v) is 2.88. The van der Waals surface area contributed by atoms with Crippen LogP contribution in [0, 0.1) is 0 Å². The van der Waals surface area contributed by atoms with E-state index in [4.69, 9.17) is 0 Å². The summed E-state index contributed by atoms with van der Waals surface area (Å²) in [6.45, 7) is 6.94. The molecule has 1 N–H and O–H groups in total. The van der Waals surface area contributed by atoms with E-state index in [0.29, 0.717) is 13.0 Å². The molecular formula is C14H24N2O2. The summed E-state index contributed by atoms with van der Waals surface area (Å²) in [6, 6.07) is 4.10. The lowest BCUT2D eigenvalue weighted by molar-refractivity contribution is -0.134. The van der Waals surface area contributed by atoms with Crippen LogP contribution >= 0.6 is 0 Å². The highest BCUT2D eigenvalue weighted by molar-refractivity contribution is 5.76. The normalized spacial score (nSPS) is 12.7. The molecule has 4 heteroatoms. The number of hydrogen-bond acceptors (Lipinski definition) is 2. The summed E-state index contributed by atoms with van der Waals surface area (Å²) in [5, 5.41) is 9.40. The molecule has 1 aromatic rings. The molecule has 4 nitrogen and oxygen atoms in total. The fourth-order valence-electron chi connectivity index (χ4n) is 1.96. The van der Waals surface area contributed by atoms with Crippen molar-refractivity contribution in [3.63, 3.8) is 0 Å². The number of hydrogen-bond donors (Lipinski definition) is 1. The molecule has 0 radical (unpaired) electrons. The van der Waals surface area contributed by atoms with Gasteiger partial charge in [-0.05, 0) is 39.3 Å². The molecular weight excluding hydrogens is 228 g/mol. The van der Waals surface area contributed by atoms with Crippen LogP contribution in [0.25, 0.3) is 0 Å². The standard InChI is InChI=1S/C14H24N2O2/c1-12(2)16(11-13(3)17)14(18)7-6-10-15-8-4-5-9-15/h4-5,8-9,12-13,17H,6-7,10-11H2,1-3H3. The smallest absolute Gasteiger partial charge is 0.222 e.